The highest BCUT2D eigenvalue weighted by molar-refractivity contribution is 6.32. The number of rotatable bonds is 7. The number of nitro benzene ring substituents is 2. The number of carbonyl (C=O) groups excluding carboxylic acids is 1. The molecule has 0 atom stereocenters. The molecular formula is C20H13ClN2O7. The molecule has 152 valence electrons. The standard InChI is InChI=1S/C20H13ClN2O7/c21-16-5-3-7-18(23(27)28)19(16)30-15-10-8-13(9-11-15)20(24)29-12-14-4-1-2-6-17(14)22(25)26/h1-11H,12H2. The van der Waals surface area contributed by atoms with Gasteiger partial charge < -0.3 is 9.47 Å². The minimum absolute atomic E-state index is 0.0668. The number of halogens is 1. The predicted octanol–water partition coefficient (Wildman–Crippen LogP) is 5.31. The van der Waals surface area contributed by atoms with Crippen molar-refractivity contribution in [3.63, 3.8) is 0 Å². The third-order valence-electron chi connectivity index (χ3n) is 4.00. The van der Waals surface area contributed by atoms with Crippen LogP contribution in [0.4, 0.5) is 11.4 Å². The molecule has 9 nitrogen and oxygen atoms in total. The van der Waals surface area contributed by atoms with Gasteiger partial charge in [-0.1, -0.05) is 29.8 Å². The first-order chi connectivity index (χ1) is 14.4. The van der Waals surface area contributed by atoms with Crippen molar-refractivity contribution in [3.05, 3.63) is 103 Å². The van der Waals surface area contributed by atoms with E-state index in [4.69, 9.17) is 21.1 Å². The lowest BCUT2D eigenvalue weighted by atomic mass is 10.2. The second-order valence-electron chi connectivity index (χ2n) is 5.93. The van der Waals surface area contributed by atoms with E-state index in [1.807, 2.05) is 0 Å². The molecule has 10 heteroatoms. The fraction of sp³-hybridized carbons (Fsp3) is 0.0500. The lowest BCUT2D eigenvalue weighted by Gasteiger charge is -2.09. The number of nitro groups is 2. The summed E-state index contributed by atoms with van der Waals surface area (Å²) in [5.74, 6) is -0.583. The van der Waals surface area contributed by atoms with Gasteiger partial charge in [-0.25, -0.2) is 4.79 Å². The van der Waals surface area contributed by atoms with E-state index in [9.17, 15) is 25.0 Å². The number of esters is 1. The first-order valence-corrected chi connectivity index (χ1v) is 8.85. The minimum atomic E-state index is -0.691. The molecule has 0 spiro atoms. The number of benzene rings is 3. The van der Waals surface area contributed by atoms with Gasteiger partial charge in [0.25, 0.3) is 5.69 Å². The fourth-order valence-corrected chi connectivity index (χ4v) is 2.76. The van der Waals surface area contributed by atoms with Crippen molar-refractivity contribution >= 4 is 28.9 Å². The molecule has 0 aromatic heterocycles. The third-order valence-corrected chi connectivity index (χ3v) is 4.30. The molecule has 0 N–H and O–H groups in total. The molecule has 0 bridgehead atoms. The Balaban J connectivity index is 1.70. The molecular weight excluding hydrogens is 416 g/mol. The first-order valence-electron chi connectivity index (χ1n) is 8.47. The lowest BCUT2D eigenvalue weighted by Crippen LogP contribution is -2.06. The second kappa shape index (κ2) is 9.01. The summed E-state index contributed by atoms with van der Waals surface area (Å²) < 4.78 is 10.6. The van der Waals surface area contributed by atoms with Crippen LogP contribution >= 0.6 is 11.6 Å². The number of ether oxygens (including phenoxy) is 2. The van der Waals surface area contributed by atoms with Crippen LogP contribution in [0.2, 0.25) is 5.02 Å². The Morgan fingerprint density at radius 3 is 2.17 bits per heavy atom. The van der Waals surface area contributed by atoms with E-state index in [-0.39, 0.29) is 45.6 Å². The Hall–Kier alpha value is -3.98. The van der Waals surface area contributed by atoms with Crippen LogP contribution in [0.15, 0.2) is 66.7 Å². The Bertz CT molecular complexity index is 1120. The van der Waals surface area contributed by atoms with Gasteiger partial charge in [-0.3, -0.25) is 20.2 Å². The van der Waals surface area contributed by atoms with Crippen LogP contribution in [-0.4, -0.2) is 15.8 Å². The van der Waals surface area contributed by atoms with Gasteiger partial charge in [0.1, 0.15) is 12.4 Å². The van der Waals surface area contributed by atoms with E-state index in [0.717, 1.165) is 0 Å². The second-order valence-corrected chi connectivity index (χ2v) is 6.34. The molecule has 3 aromatic rings. The fourth-order valence-electron chi connectivity index (χ4n) is 2.56. The Morgan fingerprint density at radius 1 is 0.867 bits per heavy atom. The van der Waals surface area contributed by atoms with Crippen LogP contribution in [0.25, 0.3) is 0 Å². The van der Waals surface area contributed by atoms with Crippen molar-refractivity contribution in [2.45, 2.75) is 6.61 Å². The van der Waals surface area contributed by atoms with Crippen LogP contribution in [0.3, 0.4) is 0 Å². The van der Waals surface area contributed by atoms with Crippen molar-refractivity contribution < 1.29 is 24.1 Å². The van der Waals surface area contributed by atoms with Crippen molar-refractivity contribution in [2.24, 2.45) is 0 Å². The van der Waals surface area contributed by atoms with Crippen molar-refractivity contribution in [3.8, 4) is 11.5 Å². The van der Waals surface area contributed by atoms with E-state index in [0.29, 0.717) is 0 Å². The average Bonchev–Trinajstić information content (AvgIpc) is 2.74. The molecule has 3 aromatic carbocycles. The lowest BCUT2D eigenvalue weighted by molar-refractivity contribution is -0.385. The van der Waals surface area contributed by atoms with Gasteiger partial charge >= 0.3 is 11.7 Å². The van der Waals surface area contributed by atoms with E-state index < -0.39 is 15.8 Å². The quantitative estimate of drug-likeness (QED) is 0.284. The van der Waals surface area contributed by atoms with Gasteiger partial charge in [-0.05, 0) is 36.4 Å². The first kappa shape index (κ1) is 20.7. The summed E-state index contributed by atoms with van der Waals surface area (Å²) in [6.45, 7) is -0.264. The van der Waals surface area contributed by atoms with E-state index in [2.05, 4.69) is 0 Å². The summed E-state index contributed by atoms with van der Waals surface area (Å²) in [5, 5.41) is 22.2. The largest absolute Gasteiger partial charge is 0.457 e. The molecule has 0 saturated carbocycles. The van der Waals surface area contributed by atoms with Gasteiger partial charge in [0.2, 0.25) is 5.75 Å². The zero-order chi connectivity index (χ0) is 21.7. The van der Waals surface area contributed by atoms with Crippen LogP contribution < -0.4 is 4.74 Å². The average molecular weight is 429 g/mol. The van der Waals surface area contributed by atoms with Crippen molar-refractivity contribution in [2.75, 3.05) is 0 Å². The number of nitrogens with zero attached hydrogens (tertiary/aromatic N) is 2. The van der Waals surface area contributed by atoms with Crippen LogP contribution in [0.1, 0.15) is 15.9 Å². The molecule has 0 aliphatic carbocycles. The summed E-state index contributed by atoms with van der Waals surface area (Å²) >= 11 is 5.99. The minimum Gasteiger partial charge on any atom is -0.457 e. The highest BCUT2D eigenvalue weighted by atomic mass is 35.5. The van der Waals surface area contributed by atoms with Crippen LogP contribution in [0, 0.1) is 20.2 Å². The predicted molar refractivity (Wildman–Crippen MR) is 107 cm³/mol. The number of hydrogen-bond acceptors (Lipinski definition) is 7. The Kier molecular flexibility index (Phi) is 6.23. The van der Waals surface area contributed by atoms with E-state index in [1.54, 1.807) is 6.07 Å². The van der Waals surface area contributed by atoms with Gasteiger partial charge in [-0.15, -0.1) is 0 Å². The van der Waals surface area contributed by atoms with E-state index >= 15 is 0 Å². The Morgan fingerprint density at radius 2 is 1.50 bits per heavy atom. The topological polar surface area (TPSA) is 122 Å². The third kappa shape index (κ3) is 4.70. The molecule has 0 aliphatic rings. The number of carbonyl (C=O) groups is 1. The summed E-state index contributed by atoms with van der Waals surface area (Å²) in [7, 11) is 0. The zero-order valence-electron chi connectivity index (χ0n) is 15.2. The molecule has 0 amide bonds. The van der Waals surface area contributed by atoms with Crippen LogP contribution in [0.5, 0.6) is 11.5 Å². The molecule has 0 radical (unpaired) electrons. The number of para-hydroxylation sites is 2. The van der Waals surface area contributed by atoms with Gasteiger partial charge in [0, 0.05) is 12.1 Å². The maximum Gasteiger partial charge on any atom is 0.338 e. The zero-order valence-corrected chi connectivity index (χ0v) is 15.9. The Labute approximate surface area is 174 Å². The van der Waals surface area contributed by atoms with Crippen molar-refractivity contribution in [1.29, 1.82) is 0 Å². The summed E-state index contributed by atoms with van der Waals surface area (Å²) in [6, 6.07) is 15.8. The molecule has 3 rings (SSSR count). The summed E-state index contributed by atoms with van der Waals surface area (Å²) in [4.78, 5) is 33.2. The van der Waals surface area contributed by atoms with Gasteiger partial charge in [0.05, 0.1) is 26.0 Å². The maximum atomic E-state index is 12.2. The number of hydrogen-bond donors (Lipinski definition) is 0. The maximum absolute atomic E-state index is 12.2. The monoisotopic (exact) mass is 428 g/mol. The molecule has 0 saturated heterocycles. The summed E-state index contributed by atoms with van der Waals surface area (Å²) in [5.41, 5.74) is 0.00208. The molecule has 0 aliphatic heterocycles. The molecule has 0 unspecified atom stereocenters. The molecule has 30 heavy (non-hydrogen) atoms. The highest BCUT2D eigenvalue weighted by Crippen LogP contribution is 2.37. The van der Waals surface area contributed by atoms with Gasteiger partial charge in [0.15, 0.2) is 0 Å². The SMILES string of the molecule is O=C(OCc1ccccc1[N+](=O)[O-])c1ccc(Oc2c(Cl)cccc2[N+](=O)[O-])cc1. The smallest absolute Gasteiger partial charge is 0.338 e. The normalized spacial score (nSPS) is 10.3. The van der Waals surface area contributed by atoms with E-state index in [1.165, 1.54) is 60.7 Å². The summed E-state index contributed by atoms with van der Waals surface area (Å²) in [6.07, 6.45) is 0. The highest BCUT2D eigenvalue weighted by Gasteiger charge is 2.19. The van der Waals surface area contributed by atoms with Crippen LogP contribution in [-0.2, 0) is 11.3 Å². The van der Waals surface area contributed by atoms with Gasteiger partial charge in [-0.2, -0.15) is 0 Å². The van der Waals surface area contributed by atoms with Crippen molar-refractivity contribution in [1.82, 2.24) is 0 Å². The molecule has 0 heterocycles. The molecule has 0 fully saturated rings.